The number of nitrogens with one attached hydrogen (secondary N) is 2. The molecule has 2 N–H and O–H groups in total. The molecule has 0 aliphatic rings. The van der Waals surface area contributed by atoms with Crippen LogP contribution in [0, 0.1) is 0 Å². The van der Waals surface area contributed by atoms with Crippen LogP contribution in [0.1, 0.15) is 23.6 Å². The van der Waals surface area contributed by atoms with Crippen LogP contribution in [0.5, 0.6) is 11.5 Å². The van der Waals surface area contributed by atoms with Gasteiger partial charge in [0, 0.05) is 5.69 Å². The Morgan fingerprint density at radius 2 is 1.69 bits per heavy atom. The molecule has 3 aromatic carbocycles. The lowest BCUT2D eigenvalue weighted by molar-refractivity contribution is -0.136. The SMILES string of the molecule is CCc1ccccc1NC(=O)C(=O)N/N=C/c1ccc(OCc2ccccc2)c(OC)c1. The van der Waals surface area contributed by atoms with Crippen molar-refractivity contribution in [2.24, 2.45) is 5.10 Å². The van der Waals surface area contributed by atoms with E-state index in [0.29, 0.717) is 29.4 Å². The molecule has 2 amide bonds. The molecule has 0 unspecified atom stereocenters. The maximum atomic E-state index is 12.1. The van der Waals surface area contributed by atoms with E-state index < -0.39 is 11.8 Å². The number of nitrogens with zero attached hydrogens (tertiary/aromatic N) is 1. The van der Waals surface area contributed by atoms with Crippen molar-refractivity contribution in [3.05, 3.63) is 89.5 Å². The summed E-state index contributed by atoms with van der Waals surface area (Å²) in [7, 11) is 1.55. The number of hydrogen-bond acceptors (Lipinski definition) is 5. The van der Waals surface area contributed by atoms with Crippen molar-refractivity contribution in [1.29, 1.82) is 0 Å². The fourth-order valence-electron chi connectivity index (χ4n) is 2.96. The molecular weight excluding hydrogens is 406 g/mol. The van der Waals surface area contributed by atoms with Crippen molar-refractivity contribution in [2.75, 3.05) is 12.4 Å². The van der Waals surface area contributed by atoms with Gasteiger partial charge in [-0.2, -0.15) is 5.10 Å². The molecule has 0 saturated heterocycles. The van der Waals surface area contributed by atoms with E-state index in [9.17, 15) is 9.59 Å². The van der Waals surface area contributed by atoms with Crippen LogP contribution < -0.4 is 20.2 Å². The van der Waals surface area contributed by atoms with Crippen molar-refractivity contribution in [3.8, 4) is 11.5 Å². The van der Waals surface area contributed by atoms with Crippen molar-refractivity contribution >= 4 is 23.7 Å². The molecule has 32 heavy (non-hydrogen) atoms. The van der Waals surface area contributed by atoms with E-state index in [2.05, 4.69) is 15.8 Å². The maximum absolute atomic E-state index is 12.1. The van der Waals surface area contributed by atoms with Crippen LogP contribution in [-0.2, 0) is 22.6 Å². The Kier molecular flexibility index (Phi) is 7.97. The number of hydrogen-bond donors (Lipinski definition) is 2. The second-order valence-electron chi connectivity index (χ2n) is 6.85. The normalized spacial score (nSPS) is 10.6. The van der Waals surface area contributed by atoms with Gasteiger partial charge in [-0.1, -0.05) is 55.5 Å². The minimum Gasteiger partial charge on any atom is -0.493 e. The van der Waals surface area contributed by atoms with Gasteiger partial charge in [0.1, 0.15) is 6.61 Å². The van der Waals surface area contributed by atoms with E-state index in [4.69, 9.17) is 9.47 Å². The fraction of sp³-hybridized carbons (Fsp3) is 0.160. The number of benzene rings is 3. The minimum absolute atomic E-state index is 0.414. The number of aryl methyl sites for hydroxylation is 1. The summed E-state index contributed by atoms with van der Waals surface area (Å²) in [5.74, 6) is -0.524. The van der Waals surface area contributed by atoms with Gasteiger partial charge in [-0.3, -0.25) is 9.59 Å². The van der Waals surface area contributed by atoms with Gasteiger partial charge in [-0.05, 0) is 47.4 Å². The van der Waals surface area contributed by atoms with E-state index in [0.717, 1.165) is 17.5 Å². The number of carbonyl (C=O) groups is 2. The average Bonchev–Trinajstić information content (AvgIpc) is 2.83. The molecular formula is C25H25N3O4. The van der Waals surface area contributed by atoms with Crippen molar-refractivity contribution in [1.82, 2.24) is 5.43 Å². The highest BCUT2D eigenvalue weighted by atomic mass is 16.5. The average molecular weight is 431 g/mol. The van der Waals surface area contributed by atoms with E-state index in [1.54, 1.807) is 37.4 Å². The summed E-state index contributed by atoms with van der Waals surface area (Å²) in [6, 6.07) is 22.4. The molecule has 0 aromatic heterocycles. The Labute approximate surface area is 187 Å². The van der Waals surface area contributed by atoms with Gasteiger partial charge in [0.05, 0.1) is 13.3 Å². The van der Waals surface area contributed by atoms with Gasteiger partial charge in [0.25, 0.3) is 0 Å². The number of carbonyl (C=O) groups excluding carboxylic acids is 2. The number of amides is 2. The van der Waals surface area contributed by atoms with E-state index in [1.165, 1.54) is 6.21 Å². The number of hydrazone groups is 1. The molecule has 164 valence electrons. The Bertz CT molecular complexity index is 1100. The Hall–Kier alpha value is -4.13. The third-order valence-corrected chi connectivity index (χ3v) is 4.66. The maximum Gasteiger partial charge on any atom is 0.329 e. The summed E-state index contributed by atoms with van der Waals surface area (Å²) in [5.41, 5.74) is 5.50. The van der Waals surface area contributed by atoms with Gasteiger partial charge >= 0.3 is 11.8 Å². The number of rotatable bonds is 8. The van der Waals surface area contributed by atoms with Crippen LogP contribution in [0.25, 0.3) is 0 Å². The second-order valence-corrected chi connectivity index (χ2v) is 6.85. The number of para-hydroxylation sites is 1. The lowest BCUT2D eigenvalue weighted by Gasteiger charge is -2.11. The molecule has 0 radical (unpaired) electrons. The van der Waals surface area contributed by atoms with Gasteiger partial charge < -0.3 is 14.8 Å². The molecule has 7 heteroatoms. The Morgan fingerprint density at radius 3 is 2.44 bits per heavy atom. The quantitative estimate of drug-likeness (QED) is 0.321. The number of methoxy groups -OCH3 is 1. The van der Waals surface area contributed by atoms with Crippen molar-refractivity contribution in [3.63, 3.8) is 0 Å². The molecule has 0 aliphatic carbocycles. The Morgan fingerprint density at radius 1 is 0.938 bits per heavy atom. The summed E-state index contributed by atoms with van der Waals surface area (Å²) < 4.78 is 11.2. The second kappa shape index (κ2) is 11.3. The first-order valence-electron chi connectivity index (χ1n) is 10.2. The lowest BCUT2D eigenvalue weighted by atomic mass is 10.1. The highest BCUT2D eigenvalue weighted by Gasteiger charge is 2.14. The van der Waals surface area contributed by atoms with Gasteiger partial charge in [0.15, 0.2) is 11.5 Å². The highest BCUT2D eigenvalue weighted by molar-refractivity contribution is 6.39. The topological polar surface area (TPSA) is 89.0 Å². The third kappa shape index (κ3) is 6.18. The summed E-state index contributed by atoms with van der Waals surface area (Å²) in [6.45, 7) is 2.39. The molecule has 3 rings (SSSR count). The highest BCUT2D eigenvalue weighted by Crippen LogP contribution is 2.28. The largest absolute Gasteiger partial charge is 0.493 e. The standard InChI is InChI=1S/C25H25N3O4/c1-3-20-11-7-8-12-21(20)27-24(29)25(30)28-26-16-19-13-14-22(23(15-19)31-2)32-17-18-9-5-4-6-10-18/h4-16H,3,17H2,1-2H3,(H,27,29)(H,28,30)/b26-16+. The smallest absolute Gasteiger partial charge is 0.329 e. The van der Waals surface area contributed by atoms with Crippen LogP contribution in [0.2, 0.25) is 0 Å². The predicted molar refractivity (Wildman–Crippen MR) is 124 cm³/mol. The molecule has 3 aromatic rings. The first-order chi connectivity index (χ1) is 15.6. The first kappa shape index (κ1) is 22.6. The van der Waals surface area contributed by atoms with E-state index in [1.807, 2.05) is 49.4 Å². The van der Waals surface area contributed by atoms with Gasteiger partial charge in [-0.15, -0.1) is 0 Å². The third-order valence-electron chi connectivity index (χ3n) is 4.66. The number of anilines is 1. The molecule has 0 saturated carbocycles. The number of ether oxygens (including phenoxy) is 2. The molecule has 0 aliphatic heterocycles. The zero-order valence-corrected chi connectivity index (χ0v) is 18.0. The Balaban J connectivity index is 1.57. The molecule has 7 nitrogen and oxygen atoms in total. The zero-order chi connectivity index (χ0) is 22.8. The fourth-order valence-corrected chi connectivity index (χ4v) is 2.96. The molecule has 0 spiro atoms. The van der Waals surface area contributed by atoms with Crippen LogP contribution >= 0.6 is 0 Å². The van der Waals surface area contributed by atoms with Crippen molar-refractivity contribution < 1.29 is 19.1 Å². The van der Waals surface area contributed by atoms with E-state index >= 15 is 0 Å². The van der Waals surface area contributed by atoms with Crippen LogP contribution in [-0.4, -0.2) is 25.1 Å². The van der Waals surface area contributed by atoms with Gasteiger partial charge in [0.2, 0.25) is 0 Å². The molecule has 0 heterocycles. The van der Waals surface area contributed by atoms with Crippen LogP contribution in [0.3, 0.4) is 0 Å². The molecule has 0 atom stereocenters. The summed E-state index contributed by atoms with van der Waals surface area (Å²) in [6.07, 6.45) is 2.16. The lowest BCUT2D eigenvalue weighted by Crippen LogP contribution is -2.32. The molecule has 0 bridgehead atoms. The monoisotopic (exact) mass is 431 g/mol. The van der Waals surface area contributed by atoms with E-state index in [-0.39, 0.29) is 0 Å². The van der Waals surface area contributed by atoms with Crippen LogP contribution in [0.15, 0.2) is 77.9 Å². The van der Waals surface area contributed by atoms with Gasteiger partial charge in [-0.25, -0.2) is 5.43 Å². The van der Waals surface area contributed by atoms with Crippen LogP contribution in [0.4, 0.5) is 5.69 Å². The summed E-state index contributed by atoms with van der Waals surface area (Å²) >= 11 is 0. The summed E-state index contributed by atoms with van der Waals surface area (Å²) in [4.78, 5) is 24.2. The zero-order valence-electron chi connectivity index (χ0n) is 18.0. The summed E-state index contributed by atoms with van der Waals surface area (Å²) in [5, 5.41) is 6.47. The minimum atomic E-state index is -0.859. The first-order valence-corrected chi connectivity index (χ1v) is 10.2. The van der Waals surface area contributed by atoms with Crippen molar-refractivity contribution in [2.45, 2.75) is 20.0 Å². The predicted octanol–water partition coefficient (Wildman–Crippen LogP) is 3.93. The molecule has 0 fully saturated rings.